The van der Waals surface area contributed by atoms with Gasteiger partial charge in [0, 0.05) is 11.4 Å². The zero-order valence-electron chi connectivity index (χ0n) is 18.4. The van der Waals surface area contributed by atoms with E-state index in [0.717, 1.165) is 24.0 Å². The Kier molecular flexibility index (Phi) is 6.95. The molecule has 11 heteroatoms. The summed E-state index contributed by atoms with van der Waals surface area (Å²) in [5, 5.41) is 6.89. The zero-order chi connectivity index (χ0) is 24.8. The molecule has 0 unspecified atom stereocenters. The molecular formula is C24H19F4N7. The van der Waals surface area contributed by atoms with Gasteiger partial charge in [0.05, 0.1) is 41.2 Å². The van der Waals surface area contributed by atoms with Crippen LogP contribution in [0.5, 0.6) is 0 Å². The molecule has 0 fully saturated rings. The molecule has 178 valence electrons. The van der Waals surface area contributed by atoms with Gasteiger partial charge in [0.1, 0.15) is 5.69 Å². The van der Waals surface area contributed by atoms with Gasteiger partial charge in [-0.15, -0.1) is 0 Å². The molecule has 0 saturated heterocycles. The zero-order valence-corrected chi connectivity index (χ0v) is 18.4. The Morgan fingerprint density at radius 1 is 0.943 bits per heavy atom. The summed E-state index contributed by atoms with van der Waals surface area (Å²) in [6.45, 7) is 1.95. The van der Waals surface area contributed by atoms with Crippen molar-refractivity contribution in [2.24, 2.45) is 5.10 Å². The molecule has 0 spiro atoms. The van der Waals surface area contributed by atoms with Crippen LogP contribution in [0.3, 0.4) is 0 Å². The maximum atomic E-state index is 14.2. The highest BCUT2D eigenvalue weighted by Gasteiger charge is 2.30. The lowest BCUT2D eigenvalue weighted by Gasteiger charge is -2.10. The van der Waals surface area contributed by atoms with Gasteiger partial charge in [0.15, 0.2) is 5.82 Å². The molecule has 0 atom stereocenters. The number of aryl methyl sites for hydroxylation is 1. The predicted molar refractivity (Wildman–Crippen MR) is 125 cm³/mol. The van der Waals surface area contributed by atoms with Crippen molar-refractivity contribution in [1.29, 1.82) is 0 Å². The summed E-state index contributed by atoms with van der Waals surface area (Å²) in [4.78, 5) is 16.6. The third-order valence-corrected chi connectivity index (χ3v) is 4.78. The van der Waals surface area contributed by atoms with Gasteiger partial charge in [-0.2, -0.15) is 18.3 Å². The molecule has 1 aromatic carbocycles. The minimum atomic E-state index is -4.42. The molecular weight excluding hydrogens is 462 g/mol. The largest absolute Gasteiger partial charge is 0.416 e. The topological polar surface area (TPSA) is 88.0 Å². The van der Waals surface area contributed by atoms with Crippen LogP contribution in [0.1, 0.15) is 23.9 Å². The van der Waals surface area contributed by atoms with E-state index >= 15 is 0 Å². The van der Waals surface area contributed by atoms with E-state index in [4.69, 9.17) is 0 Å². The van der Waals surface area contributed by atoms with E-state index in [1.165, 1.54) is 24.5 Å². The van der Waals surface area contributed by atoms with Crippen LogP contribution < -0.4 is 10.7 Å². The minimum absolute atomic E-state index is 0.0520. The average molecular weight is 481 g/mol. The average Bonchev–Trinajstić information content (AvgIpc) is 2.86. The fraction of sp³-hybridized carbons (Fsp3) is 0.125. The van der Waals surface area contributed by atoms with E-state index in [1.807, 2.05) is 13.0 Å². The summed E-state index contributed by atoms with van der Waals surface area (Å²) in [5.41, 5.74) is 4.38. The van der Waals surface area contributed by atoms with Gasteiger partial charge in [-0.05, 0) is 48.9 Å². The van der Waals surface area contributed by atoms with Gasteiger partial charge in [-0.25, -0.2) is 19.8 Å². The highest BCUT2D eigenvalue weighted by molar-refractivity contribution is 5.78. The van der Waals surface area contributed by atoms with E-state index in [-0.39, 0.29) is 17.3 Å². The summed E-state index contributed by atoms with van der Waals surface area (Å²) < 4.78 is 52.9. The van der Waals surface area contributed by atoms with Gasteiger partial charge in [-0.3, -0.25) is 9.97 Å². The lowest BCUT2D eigenvalue weighted by atomic mass is 10.2. The van der Waals surface area contributed by atoms with Crippen molar-refractivity contribution >= 4 is 23.5 Å². The van der Waals surface area contributed by atoms with Crippen molar-refractivity contribution in [2.75, 3.05) is 10.7 Å². The van der Waals surface area contributed by atoms with Gasteiger partial charge >= 0.3 is 6.18 Å². The number of hydrazone groups is 1. The van der Waals surface area contributed by atoms with Gasteiger partial charge in [0.2, 0.25) is 5.95 Å². The molecule has 0 aliphatic carbocycles. The fourth-order valence-corrected chi connectivity index (χ4v) is 3.06. The van der Waals surface area contributed by atoms with Crippen molar-refractivity contribution in [3.63, 3.8) is 0 Å². The summed E-state index contributed by atoms with van der Waals surface area (Å²) in [6, 6.07) is 13.4. The molecule has 7 nitrogen and oxygen atoms in total. The normalized spacial score (nSPS) is 11.6. The summed E-state index contributed by atoms with van der Waals surface area (Å²) in [7, 11) is 0. The number of hydrogen-bond acceptors (Lipinski definition) is 7. The number of hydrogen-bond donors (Lipinski definition) is 2. The number of nitrogens with one attached hydrogen (secondary N) is 2. The second-order valence-electron chi connectivity index (χ2n) is 7.30. The smallest absolute Gasteiger partial charge is 0.354 e. The number of nitrogens with zero attached hydrogens (tertiary/aromatic N) is 5. The van der Waals surface area contributed by atoms with Gasteiger partial charge in [0.25, 0.3) is 0 Å². The van der Waals surface area contributed by atoms with Crippen LogP contribution in [0, 0.1) is 5.82 Å². The second-order valence-corrected chi connectivity index (χ2v) is 7.30. The second kappa shape index (κ2) is 10.2. The van der Waals surface area contributed by atoms with Crippen molar-refractivity contribution in [2.45, 2.75) is 19.5 Å². The van der Waals surface area contributed by atoms with Crippen LogP contribution in [0.4, 0.5) is 34.9 Å². The molecule has 2 N–H and O–H groups in total. The lowest BCUT2D eigenvalue weighted by Crippen LogP contribution is -2.05. The van der Waals surface area contributed by atoms with E-state index in [1.54, 1.807) is 24.3 Å². The monoisotopic (exact) mass is 481 g/mol. The predicted octanol–water partition coefficient (Wildman–Crippen LogP) is 5.84. The third-order valence-electron chi connectivity index (χ3n) is 4.78. The Balaban J connectivity index is 1.41. The first-order valence-corrected chi connectivity index (χ1v) is 10.5. The van der Waals surface area contributed by atoms with Crippen LogP contribution in [-0.4, -0.2) is 26.2 Å². The maximum absolute atomic E-state index is 14.2. The molecule has 35 heavy (non-hydrogen) atoms. The lowest BCUT2D eigenvalue weighted by molar-refractivity contribution is -0.137. The molecule has 4 aromatic rings. The Morgan fingerprint density at radius 3 is 2.51 bits per heavy atom. The number of alkyl halides is 3. The van der Waals surface area contributed by atoms with E-state index in [9.17, 15) is 17.6 Å². The maximum Gasteiger partial charge on any atom is 0.416 e. The first-order valence-electron chi connectivity index (χ1n) is 10.5. The molecule has 0 aliphatic heterocycles. The van der Waals surface area contributed by atoms with Crippen LogP contribution >= 0.6 is 0 Å². The Bertz CT molecular complexity index is 1340. The molecule has 0 bridgehead atoms. The van der Waals surface area contributed by atoms with Crippen LogP contribution in [0.2, 0.25) is 0 Å². The van der Waals surface area contributed by atoms with E-state index in [0.29, 0.717) is 23.5 Å². The molecule has 0 radical (unpaired) electrons. The Morgan fingerprint density at radius 2 is 1.77 bits per heavy atom. The van der Waals surface area contributed by atoms with Crippen molar-refractivity contribution in [3.05, 3.63) is 89.8 Å². The third kappa shape index (κ3) is 6.14. The molecule has 3 heterocycles. The minimum Gasteiger partial charge on any atom is -0.354 e. The molecule has 0 aliphatic rings. The first kappa shape index (κ1) is 23.7. The highest BCUT2D eigenvalue weighted by atomic mass is 19.4. The van der Waals surface area contributed by atoms with E-state index in [2.05, 4.69) is 35.8 Å². The summed E-state index contributed by atoms with van der Waals surface area (Å²) in [6.07, 6.45) is 0.176. The number of benzene rings is 1. The molecule has 0 saturated carbocycles. The number of aromatic nitrogens is 4. The van der Waals surface area contributed by atoms with Crippen molar-refractivity contribution < 1.29 is 17.6 Å². The quantitative estimate of drug-likeness (QED) is 0.196. The van der Waals surface area contributed by atoms with E-state index < -0.39 is 17.6 Å². The first-order chi connectivity index (χ1) is 16.8. The number of rotatable bonds is 7. The Labute approximate surface area is 198 Å². The van der Waals surface area contributed by atoms with Crippen LogP contribution in [0.15, 0.2) is 72.1 Å². The fourth-order valence-electron chi connectivity index (χ4n) is 3.06. The standard InChI is InChI=1S/C24H19F4N7/c1-2-16-6-4-8-21(33-16)22-20(25)14-30-23(34-22)35-31-13-18-9-10-19(12-29-18)32-17-7-3-5-15(11-17)24(26,27)28/h3-14,32H,2H2,1H3,(H,30,34,35)/b31-13+. The Hall–Kier alpha value is -4.41. The summed E-state index contributed by atoms with van der Waals surface area (Å²) >= 11 is 0. The van der Waals surface area contributed by atoms with Crippen LogP contribution in [0.25, 0.3) is 11.4 Å². The number of halogens is 4. The van der Waals surface area contributed by atoms with Crippen molar-refractivity contribution in [1.82, 2.24) is 19.9 Å². The van der Waals surface area contributed by atoms with Gasteiger partial charge < -0.3 is 5.32 Å². The molecule has 0 amide bonds. The molecule has 3 aromatic heterocycles. The number of pyridine rings is 2. The van der Waals surface area contributed by atoms with Crippen LogP contribution in [-0.2, 0) is 12.6 Å². The molecule has 4 rings (SSSR count). The summed E-state index contributed by atoms with van der Waals surface area (Å²) in [5.74, 6) is -0.532. The highest BCUT2D eigenvalue weighted by Crippen LogP contribution is 2.31. The van der Waals surface area contributed by atoms with Gasteiger partial charge in [-0.1, -0.05) is 19.1 Å². The van der Waals surface area contributed by atoms with Crippen molar-refractivity contribution in [3.8, 4) is 11.4 Å². The SMILES string of the molecule is CCc1cccc(-c2nc(N/N=C/c3ccc(Nc4cccc(C(F)(F)F)c4)cn3)ncc2F)n1. The number of anilines is 3.